The van der Waals surface area contributed by atoms with Crippen molar-refractivity contribution in [2.75, 3.05) is 5.73 Å². The van der Waals surface area contributed by atoms with Crippen LogP contribution >= 0.6 is 0 Å². The summed E-state index contributed by atoms with van der Waals surface area (Å²) in [7, 11) is 0. The van der Waals surface area contributed by atoms with Crippen LogP contribution in [-0.2, 0) is 9.59 Å². The SMILES string of the molecule is CC(=O)/C(C)=C\C(C)=C(/C)C(=O)NC1(C)CCCCC1.Cc1cc(N)ncn1. The van der Waals surface area contributed by atoms with E-state index in [0.717, 1.165) is 24.1 Å². The molecule has 2 rings (SSSR count). The molecule has 0 saturated heterocycles. The van der Waals surface area contributed by atoms with Crippen LogP contribution < -0.4 is 11.1 Å². The first kappa shape index (κ1) is 23.5. The number of nitrogen functional groups attached to an aromatic ring is 1. The van der Waals surface area contributed by atoms with Crippen LogP contribution in [-0.4, -0.2) is 27.2 Å². The van der Waals surface area contributed by atoms with Crippen molar-refractivity contribution in [3.8, 4) is 0 Å². The van der Waals surface area contributed by atoms with Crippen molar-refractivity contribution >= 4 is 17.5 Å². The highest BCUT2D eigenvalue weighted by Crippen LogP contribution is 2.28. The van der Waals surface area contributed by atoms with E-state index in [9.17, 15) is 9.59 Å². The van der Waals surface area contributed by atoms with Crippen LogP contribution in [0.1, 0.15) is 72.4 Å². The molecule has 1 fully saturated rings. The number of anilines is 1. The van der Waals surface area contributed by atoms with Crippen molar-refractivity contribution < 1.29 is 9.59 Å². The molecular formula is C22H34N4O2. The number of amides is 1. The second kappa shape index (κ2) is 10.7. The summed E-state index contributed by atoms with van der Waals surface area (Å²) in [5.74, 6) is 0.550. The van der Waals surface area contributed by atoms with E-state index in [1.54, 1.807) is 19.1 Å². The van der Waals surface area contributed by atoms with E-state index >= 15 is 0 Å². The third-order valence-corrected chi connectivity index (χ3v) is 5.12. The van der Waals surface area contributed by atoms with Gasteiger partial charge in [-0.05, 0) is 65.5 Å². The number of Topliss-reactive ketones (excluding diaryl/α,β-unsaturated/α-hetero) is 1. The lowest BCUT2D eigenvalue weighted by Crippen LogP contribution is -2.47. The van der Waals surface area contributed by atoms with Crippen LogP contribution in [0.25, 0.3) is 0 Å². The fraction of sp³-hybridized carbons (Fsp3) is 0.545. The van der Waals surface area contributed by atoms with E-state index in [-0.39, 0.29) is 17.2 Å². The summed E-state index contributed by atoms with van der Waals surface area (Å²) in [6, 6.07) is 1.72. The molecule has 0 aromatic carbocycles. The minimum absolute atomic E-state index is 0.0143. The maximum atomic E-state index is 12.3. The topological polar surface area (TPSA) is 98.0 Å². The Bertz CT molecular complexity index is 742. The molecule has 1 saturated carbocycles. The van der Waals surface area contributed by atoms with Gasteiger partial charge in [0.15, 0.2) is 5.78 Å². The molecule has 0 spiro atoms. The third-order valence-electron chi connectivity index (χ3n) is 5.12. The lowest BCUT2D eigenvalue weighted by molar-refractivity contribution is -0.119. The van der Waals surface area contributed by atoms with Gasteiger partial charge in [-0.25, -0.2) is 9.97 Å². The average Bonchev–Trinajstić information content (AvgIpc) is 2.61. The quantitative estimate of drug-likeness (QED) is 0.600. The summed E-state index contributed by atoms with van der Waals surface area (Å²) in [4.78, 5) is 31.1. The fourth-order valence-corrected chi connectivity index (χ4v) is 3.01. The lowest BCUT2D eigenvalue weighted by atomic mass is 9.83. The number of aromatic nitrogens is 2. The number of carbonyl (C=O) groups excluding carboxylic acids is 2. The van der Waals surface area contributed by atoms with Gasteiger partial charge in [-0.2, -0.15) is 0 Å². The Labute approximate surface area is 168 Å². The summed E-state index contributed by atoms with van der Waals surface area (Å²) < 4.78 is 0. The molecule has 3 N–H and O–H groups in total. The van der Waals surface area contributed by atoms with Crippen LogP contribution in [0.15, 0.2) is 35.2 Å². The van der Waals surface area contributed by atoms with Gasteiger partial charge in [0.2, 0.25) is 5.91 Å². The molecule has 0 atom stereocenters. The maximum absolute atomic E-state index is 12.3. The Balaban J connectivity index is 0.000000406. The van der Waals surface area contributed by atoms with Gasteiger partial charge < -0.3 is 11.1 Å². The zero-order valence-corrected chi connectivity index (χ0v) is 18.1. The molecule has 154 valence electrons. The fourth-order valence-electron chi connectivity index (χ4n) is 3.01. The van der Waals surface area contributed by atoms with Crippen LogP contribution in [0.5, 0.6) is 0 Å². The number of carbonyl (C=O) groups is 2. The molecule has 1 aromatic rings. The van der Waals surface area contributed by atoms with Crippen LogP contribution in [0.3, 0.4) is 0 Å². The number of rotatable bonds is 4. The summed E-state index contributed by atoms with van der Waals surface area (Å²) in [5.41, 5.74) is 8.36. The molecule has 0 radical (unpaired) electrons. The summed E-state index contributed by atoms with van der Waals surface area (Å²) in [6.45, 7) is 11.0. The van der Waals surface area contributed by atoms with Crippen molar-refractivity contribution in [1.82, 2.24) is 15.3 Å². The lowest BCUT2D eigenvalue weighted by Gasteiger charge is -2.34. The van der Waals surface area contributed by atoms with E-state index in [0.29, 0.717) is 17.0 Å². The van der Waals surface area contributed by atoms with Gasteiger partial charge in [0, 0.05) is 22.9 Å². The smallest absolute Gasteiger partial charge is 0.247 e. The van der Waals surface area contributed by atoms with Crippen LogP contribution in [0.2, 0.25) is 0 Å². The third kappa shape index (κ3) is 8.03. The average molecular weight is 387 g/mol. The zero-order valence-electron chi connectivity index (χ0n) is 18.1. The maximum Gasteiger partial charge on any atom is 0.247 e. The summed E-state index contributed by atoms with van der Waals surface area (Å²) in [6.07, 6.45) is 8.97. The van der Waals surface area contributed by atoms with Gasteiger partial charge in [0.05, 0.1) is 0 Å². The minimum Gasteiger partial charge on any atom is -0.384 e. The first-order valence-electron chi connectivity index (χ1n) is 9.77. The minimum atomic E-state index is -0.0732. The van der Waals surface area contributed by atoms with Gasteiger partial charge in [-0.3, -0.25) is 9.59 Å². The molecule has 1 amide bonds. The van der Waals surface area contributed by atoms with E-state index in [1.807, 2.05) is 20.8 Å². The number of aryl methyl sites for hydroxylation is 1. The van der Waals surface area contributed by atoms with Crippen molar-refractivity contribution in [3.05, 3.63) is 40.9 Å². The Kier molecular flexibility index (Phi) is 9.03. The van der Waals surface area contributed by atoms with E-state index < -0.39 is 0 Å². The highest BCUT2D eigenvalue weighted by atomic mass is 16.2. The number of hydrogen-bond acceptors (Lipinski definition) is 5. The molecular weight excluding hydrogens is 352 g/mol. The number of nitrogens with zero attached hydrogens (tertiary/aromatic N) is 2. The summed E-state index contributed by atoms with van der Waals surface area (Å²) in [5, 5.41) is 3.17. The molecule has 1 aliphatic rings. The predicted octanol–water partition coefficient (Wildman–Crippen LogP) is 4.06. The van der Waals surface area contributed by atoms with Crippen molar-refractivity contribution in [2.45, 2.75) is 79.2 Å². The molecule has 1 aliphatic carbocycles. The van der Waals surface area contributed by atoms with E-state index in [1.165, 1.54) is 32.5 Å². The zero-order chi connectivity index (χ0) is 21.3. The van der Waals surface area contributed by atoms with Crippen molar-refractivity contribution in [2.24, 2.45) is 0 Å². The monoisotopic (exact) mass is 386 g/mol. The molecule has 1 heterocycles. The van der Waals surface area contributed by atoms with E-state index in [2.05, 4.69) is 22.2 Å². The Hall–Kier alpha value is -2.50. The standard InChI is InChI=1S/C17H27NO2.C5H7N3/c1-12(11-13(2)15(4)19)14(3)16(20)18-17(5)9-7-6-8-10-17;1-4-2-5(6)8-3-7-4/h11H,6-10H2,1-5H3,(H,18,20);2-3H,1H3,(H2,6,7,8)/b13-11-,14-12+;. The Morgan fingerprint density at radius 3 is 2.18 bits per heavy atom. The van der Waals surface area contributed by atoms with Gasteiger partial charge in [-0.1, -0.05) is 25.3 Å². The van der Waals surface area contributed by atoms with E-state index in [4.69, 9.17) is 5.73 Å². The molecule has 0 unspecified atom stereocenters. The first-order chi connectivity index (χ1) is 13.0. The number of allylic oxidation sites excluding steroid dienone is 3. The largest absolute Gasteiger partial charge is 0.384 e. The first-order valence-corrected chi connectivity index (χ1v) is 9.77. The highest BCUT2D eigenvalue weighted by Gasteiger charge is 2.28. The molecule has 0 bridgehead atoms. The molecule has 6 heteroatoms. The number of nitrogens with one attached hydrogen (secondary N) is 1. The van der Waals surface area contributed by atoms with Gasteiger partial charge in [0.25, 0.3) is 0 Å². The van der Waals surface area contributed by atoms with Crippen LogP contribution in [0, 0.1) is 6.92 Å². The second-order valence-electron chi connectivity index (χ2n) is 7.85. The Morgan fingerprint density at radius 2 is 1.71 bits per heavy atom. The normalized spacial score (nSPS) is 17.0. The van der Waals surface area contributed by atoms with Crippen molar-refractivity contribution in [1.29, 1.82) is 0 Å². The number of nitrogens with two attached hydrogens (primary N) is 1. The second-order valence-corrected chi connectivity index (χ2v) is 7.85. The van der Waals surface area contributed by atoms with Crippen molar-refractivity contribution in [3.63, 3.8) is 0 Å². The molecule has 6 nitrogen and oxygen atoms in total. The molecule has 1 aromatic heterocycles. The van der Waals surface area contributed by atoms with Crippen LogP contribution in [0.4, 0.5) is 5.82 Å². The van der Waals surface area contributed by atoms with Gasteiger partial charge in [0.1, 0.15) is 12.1 Å². The Morgan fingerprint density at radius 1 is 1.11 bits per heavy atom. The van der Waals surface area contributed by atoms with Gasteiger partial charge in [-0.15, -0.1) is 0 Å². The number of hydrogen-bond donors (Lipinski definition) is 2. The summed E-state index contributed by atoms with van der Waals surface area (Å²) >= 11 is 0. The molecule has 28 heavy (non-hydrogen) atoms. The highest BCUT2D eigenvalue weighted by molar-refractivity contribution is 5.96. The molecule has 0 aliphatic heterocycles. The number of ketones is 1. The van der Waals surface area contributed by atoms with Gasteiger partial charge >= 0.3 is 0 Å². The predicted molar refractivity (Wildman–Crippen MR) is 114 cm³/mol.